The second-order valence-corrected chi connectivity index (χ2v) is 6.71. The molecule has 0 fully saturated rings. The van der Waals surface area contributed by atoms with Crippen LogP contribution in [0.25, 0.3) is 11.3 Å². The van der Waals surface area contributed by atoms with E-state index >= 15 is 0 Å². The Hall–Kier alpha value is -3.79. The molecule has 0 saturated carbocycles. The molecule has 4 rings (SSSR count). The molecule has 0 radical (unpaired) electrons. The summed E-state index contributed by atoms with van der Waals surface area (Å²) in [5.74, 6) is 0.458. The molecule has 138 valence electrons. The van der Waals surface area contributed by atoms with E-state index in [1.807, 2.05) is 12.1 Å². The lowest BCUT2D eigenvalue weighted by atomic mass is 10.1. The van der Waals surface area contributed by atoms with Crippen LogP contribution in [0.5, 0.6) is 0 Å². The molecule has 0 spiro atoms. The Balaban J connectivity index is 1.64. The highest BCUT2D eigenvalue weighted by molar-refractivity contribution is 5.95. The van der Waals surface area contributed by atoms with Gasteiger partial charge in [0, 0.05) is 18.2 Å². The molecule has 0 atom stereocenters. The van der Waals surface area contributed by atoms with E-state index in [1.165, 1.54) is 4.57 Å². The fourth-order valence-electron chi connectivity index (χ4n) is 3.32. The normalized spacial score (nSPS) is 12.5. The number of pyridine rings is 1. The first kappa shape index (κ1) is 17.6. The number of hydrogen-bond donors (Lipinski definition) is 0. The van der Waals surface area contributed by atoms with Crippen molar-refractivity contribution < 1.29 is 4.79 Å². The highest BCUT2D eigenvalue weighted by atomic mass is 16.2. The average Bonchev–Trinajstić information content (AvgIpc) is 3.15. The first-order valence-corrected chi connectivity index (χ1v) is 8.80. The molecule has 0 aliphatic carbocycles. The molecule has 1 aliphatic heterocycles. The van der Waals surface area contributed by atoms with Gasteiger partial charge in [0.25, 0.3) is 11.5 Å². The van der Waals surface area contributed by atoms with Gasteiger partial charge in [-0.2, -0.15) is 5.26 Å². The average molecular weight is 371 g/mol. The van der Waals surface area contributed by atoms with Crippen LogP contribution in [0.4, 0.5) is 0 Å². The number of carbonyl (C=O) groups is 1. The Kier molecular flexibility index (Phi) is 4.24. The number of fused-ring (bicyclic) bond motifs is 1. The monoisotopic (exact) mass is 371 g/mol. The molecule has 2 aromatic heterocycles. The van der Waals surface area contributed by atoms with Crippen LogP contribution >= 0.6 is 0 Å². The van der Waals surface area contributed by atoms with Crippen molar-refractivity contribution in [2.75, 3.05) is 0 Å². The topological polar surface area (TPSA) is 91.9 Å². The standard InChI is InChI=1S/C21H17N5O2/c1-13-23-19-12-26(11-17(19)21(28)25(13)2)20(27)15-6-3-5-14(9-15)18-8-4-7-16(10-22)24-18/h3-9H,11-12H2,1-2H3. The predicted molar refractivity (Wildman–Crippen MR) is 102 cm³/mol. The predicted octanol–water partition coefficient (Wildman–Crippen LogP) is 2.18. The summed E-state index contributed by atoms with van der Waals surface area (Å²) in [7, 11) is 1.68. The molecule has 7 heteroatoms. The summed E-state index contributed by atoms with van der Waals surface area (Å²) >= 11 is 0. The first-order valence-electron chi connectivity index (χ1n) is 8.80. The van der Waals surface area contributed by atoms with E-state index < -0.39 is 0 Å². The van der Waals surface area contributed by atoms with Crippen LogP contribution in [-0.4, -0.2) is 25.3 Å². The fourth-order valence-corrected chi connectivity index (χ4v) is 3.32. The molecule has 0 bridgehead atoms. The summed E-state index contributed by atoms with van der Waals surface area (Å²) in [5, 5.41) is 9.04. The van der Waals surface area contributed by atoms with Crippen molar-refractivity contribution in [3.05, 3.63) is 81.2 Å². The van der Waals surface area contributed by atoms with Crippen LogP contribution < -0.4 is 5.56 Å². The van der Waals surface area contributed by atoms with Gasteiger partial charge in [-0.1, -0.05) is 18.2 Å². The van der Waals surface area contributed by atoms with E-state index in [1.54, 1.807) is 55.3 Å². The summed E-state index contributed by atoms with van der Waals surface area (Å²) in [6.45, 7) is 2.34. The van der Waals surface area contributed by atoms with Crippen molar-refractivity contribution in [2.45, 2.75) is 20.0 Å². The van der Waals surface area contributed by atoms with Crippen LogP contribution in [0.3, 0.4) is 0 Å². The van der Waals surface area contributed by atoms with Crippen molar-refractivity contribution in [3.8, 4) is 17.3 Å². The largest absolute Gasteiger partial charge is 0.328 e. The number of benzene rings is 1. The van der Waals surface area contributed by atoms with Gasteiger partial charge in [0.15, 0.2) is 0 Å². The number of nitriles is 1. The van der Waals surface area contributed by atoms with Gasteiger partial charge in [0.05, 0.1) is 30.0 Å². The molecule has 7 nitrogen and oxygen atoms in total. The van der Waals surface area contributed by atoms with Crippen LogP contribution in [0.15, 0.2) is 47.3 Å². The van der Waals surface area contributed by atoms with Crippen molar-refractivity contribution >= 4 is 5.91 Å². The highest BCUT2D eigenvalue weighted by Gasteiger charge is 2.28. The van der Waals surface area contributed by atoms with Crippen LogP contribution in [0.1, 0.15) is 33.1 Å². The minimum atomic E-state index is -0.170. The number of aromatic nitrogens is 3. The Labute approximate surface area is 161 Å². The molecule has 28 heavy (non-hydrogen) atoms. The third-order valence-electron chi connectivity index (χ3n) is 4.94. The molecule has 0 saturated heterocycles. The summed E-state index contributed by atoms with van der Waals surface area (Å²) in [5.41, 5.74) is 3.33. The number of aryl methyl sites for hydroxylation is 1. The Bertz CT molecular complexity index is 1210. The van der Waals surface area contributed by atoms with Crippen LogP contribution in [-0.2, 0) is 20.1 Å². The Morgan fingerprint density at radius 3 is 2.71 bits per heavy atom. The highest BCUT2D eigenvalue weighted by Crippen LogP contribution is 2.23. The van der Waals surface area contributed by atoms with Gasteiger partial charge in [0.1, 0.15) is 17.6 Å². The summed E-state index contributed by atoms with van der Waals surface area (Å²) in [4.78, 5) is 35.8. The lowest BCUT2D eigenvalue weighted by Gasteiger charge is -2.15. The minimum absolute atomic E-state index is 0.107. The molecular weight excluding hydrogens is 354 g/mol. The van der Waals surface area contributed by atoms with E-state index in [0.717, 1.165) is 5.56 Å². The molecule has 1 aliphatic rings. The second-order valence-electron chi connectivity index (χ2n) is 6.71. The van der Waals surface area contributed by atoms with Crippen molar-refractivity contribution in [2.24, 2.45) is 7.05 Å². The summed E-state index contributed by atoms with van der Waals surface area (Å²) < 4.78 is 1.50. The Morgan fingerprint density at radius 2 is 1.93 bits per heavy atom. The zero-order chi connectivity index (χ0) is 19.8. The lowest BCUT2D eigenvalue weighted by Crippen LogP contribution is -2.27. The third-order valence-corrected chi connectivity index (χ3v) is 4.94. The number of nitrogens with zero attached hydrogens (tertiary/aromatic N) is 5. The zero-order valence-electron chi connectivity index (χ0n) is 15.5. The van der Waals surface area contributed by atoms with Gasteiger partial charge in [-0.3, -0.25) is 14.2 Å². The van der Waals surface area contributed by atoms with E-state index in [4.69, 9.17) is 5.26 Å². The van der Waals surface area contributed by atoms with E-state index in [9.17, 15) is 9.59 Å². The zero-order valence-corrected chi connectivity index (χ0v) is 15.5. The SMILES string of the molecule is Cc1nc2c(c(=O)n1C)CN(C(=O)c1cccc(-c3cccc(C#N)n3)c1)C2. The van der Waals surface area contributed by atoms with Crippen LogP contribution in [0, 0.1) is 18.3 Å². The fraction of sp³-hybridized carbons (Fsp3) is 0.190. The maximum Gasteiger partial charge on any atom is 0.258 e. The van der Waals surface area contributed by atoms with Gasteiger partial charge in [0.2, 0.25) is 0 Å². The molecule has 0 N–H and O–H groups in total. The number of amides is 1. The number of rotatable bonds is 2. The summed E-state index contributed by atoms with van der Waals surface area (Å²) in [6, 6.07) is 14.3. The third kappa shape index (κ3) is 2.95. The van der Waals surface area contributed by atoms with Crippen molar-refractivity contribution in [1.82, 2.24) is 19.4 Å². The maximum atomic E-state index is 13.0. The van der Waals surface area contributed by atoms with Gasteiger partial charge in [-0.25, -0.2) is 9.97 Å². The summed E-state index contributed by atoms with van der Waals surface area (Å²) in [6.07, 6.45) is 0. The minimum Gasteiger partial charge on any atom is -0.328 e. The molecule has 0 unspecified atom stereocenters. The van der Waals surface area contributed by atoms with E-state index in [2.05, 4.69) is 9.97 Å². The number of hydrogen-bond acceptors (Lipinski definition) is 5. The lowest BCUT2D eigenvalue weighted by molar-refractivity contribution is 0.0750. The quantitative estimate of drug-likeness (QED) is 0.688. The van der Waals surface area contributed by atoms with Crippen molar-refractivity contribution in [1.29, 1.82) is 5.26 Å². The van der Waals surface area contributed by atoms with Gasteiger partial charge < -0.3 is 4.90 Å². The van der Waals surface area contributed by atoms with Gasteiger partial charge in [-0.05, 0) is 31.2 Å². The van der Waals surface area contributed by atoms with E-state index in [0.29, 0.717) is 40.6 Å². The second kappa shape index (κ2) is 6.74. The molecule has 1 amide bonds. The molecule has 3 heterocycles. The van der Waals surface area contributed by atoms with Crippen molar-refractivity contribution in [3.63, 3.8) is 0 Å². The maximum absolute atomic E-state index is 13.0. The molecule has 1 aromatic carbocycles. The van der Waals surface area contributed by atoms with Gasteiger partial charge >= 0.3 is 0 Å². The molecule has 3 aromatic rings. The first-order chi connectivity index (χ1) is 13.5. The smallest absolute Gasteiger partial charge is 0.258 e. The number of carbonyl (C=O) groups excluding carboxylic acids is 1. The Morgan fingerprint density at radius 1 is 1.14 bits per heavy atom. The van der Waals surface area contributed by atoms with Gasteiger partial charge in [-0.15, -0.1) is 0 Å². The van der Waals surface area contributed by atoms with Crippen LogP contribution in [0.2, 0.25) is 0 Å². The van der Waals surface area contributed by atoms with E-state index in [-0.39, 0.29) is 18.0 Å². The molecular formula is C21H17N5O2.